The minimum Gasteiger partial charge on any atom is -0.507 e. The van der Waals surface area contributed by atoms with Gasteiger partial charge in [-0.3, -0.25) is 9.59 Å². The summed E-state index contributed by atoms with van der Waals surface area (Å²) in [6, 6.07) is 13.6. The Morgan fingerprint density at radius 3 is 2.07 bits per heavy atom. The van der Waals surface area contributed by atoms with Crippen molar-refractivity contribution >= 4 is 11.8 Å². The van der Waals surface area contributed by atoms with Gasteiger partial charge in [0.25, 0.3) is 11.8 Å². The van der Waals surface area contributed by atoms with Crippen LogP contribution in [0.1, 0.15) is 17.3 Å². The number of nitrogens with zero attached hydrogens (tertiary/aromatic N) is 2. The molecule has 148 valence electrons. The molecule has 1 aliphatic heterocycles. The van der Waals surface area contributed by atoms with Crippen molar-refractivity contribution in [3.63, 3.8) is 0 Å². The fourth-order valence-electron chi connectivity index (χ4n) is 3.02. The second kappa shape index (κ2) is 9.12. The summed E-state index contributed by atoms with van der Waals surface area (Å²) in [5.74, 6) is 0.978. The van der Waals surface area contributed by atoms with E-state index in [0.717, 1.165) is 5.75 Å². The largest absolute Gasteiger partial charge is 0.507 e. The van der Waals surface area contributed by atoms with Crippen molar-refractivity contribution in [1.29, 1.82) is 0 Å². The molecule has 0 radical (unpaired) electrons. The molecule has 7 nitrogen and oxygen atoms in total. The Morgan fingerprint density at radius 1 is 0.893 bits per heavy atom. The van der Waals surface area contributed by atoms with Crippen LogP contribution in [0, 0.1) is 0 Å². The maximum atomic E-state index is 12.5. The number of para-hydroxylation sites is 1. The fourth-order valence-corrected chi connectivity index (χ4v) is 3.02. The number of carbonyl (C=O) groups excluding carboxylic acids is 2. The molecule has 1 fully saturated rings. The summed E-state index contributed by atoms with van der Waals surface area (Å²) >= 11 is 0. The maximum Gasteiger partial charge on any atom is 0.260 e. The molecular weight excluding hydrogens is 360 g/mol. The summed E-state index contributed by atoms with van der Waals surface area (Å²) in [6.45, 7) is 4.16. The van der Waals surface area contributed by atoms with Crippen LogP contribution in [0.2, 0.25) is 0 Å². The molecule has 2 amide bonds. The highest BCUT2D eigenvalue weighted by molar-refractivity contribution is 5.97. The summed E-state index contributed by atoms with van der Waals surface area (Å²) < 4.78 is 10.9. The first-order valence-electron chi connectivity index (χ1n) is 9.29. The second-order valence-electron chi connectivity index (χ2n) is 6.38. The van der Waals surface area contributed by atoms with Crippen LogP contribution in [-0.2, 0) is 4.79 Å². The first-order valence-corrected chi connectivity index (χ1v) is 9.29. The van der Waals surface area contributed by atoms with Crippen LogP contribution in [0.5, 0.6) is 17.2 Å². The number of hydrogen-bond acceptors (Lipinski definition) is 5. The van der Waals surface area contributed by atoms with Gasteiger partial charge in [0.2, 0.25) is 0 Å². The number of hydrogen-bond donors (Lipinski definition) is 1. The Bertz CT molecular complexity index is 814. The lowest BCUT2D eigenvalue weighted by Crippen LogP contribution is -2.51. The van der Waals surface area contributed by atoms with Gasteiger partial charge in [0.15, 0.2) is 6.61 Å². The van der Waals surface area contributed by atoms with Gasteiger partial charge in [-0.1, -0.05) is 12.1 Å². The lowest BCUT2D eigenvalue weighted by molar-refractivity contribution is -0.134. The van der Waals surface area contributed by atoms with E-state index in [1.165, 1.54) is 6.07 Å². The Balaban J connectivity index is 1.47. The summed E-state index contributed by atoms with van der Waals surface area (Å²) in [6.07, 6.45) is 0. The van der Waals surface area contributed by atoms with Crippen LogP contribution >= 0.6 is 0 Å². The van der Waals surface area contributed by atoms with E-state index in [-0.39, 0.29) is 29.7 Å². The number of aromatic hydroxyl groups is 1. The van der Waals surface area contributed by atoms with Gasteiger partial charge < -0.3 is 24.4 Å². The van der Waals surface area contributed by atoms with Crippen molar-refractivity contribution in [3.8, 4) is 17.2 Å². The number of benzene rings is 2. The first kappa shape index (κ1) is 19.5. The van der Waals surface area contributed by atoms with Gasteiger partial charge >= 0.3 is 0 Å². The monoisotopic (exact) mass is 384 g/mol. The second-order valence-corrected chi connectivity index (χ2v) is 6.38. The maximum absolute atomic E-state index is 12.5. The highest BCUT2D eigenvalue weighted by atomic mass is 16.5. The Hall–Kier alpha value is -3.22. The standard InChI is InChI=1S/C21H24N2O5/c1-2-27-16-7-9-17(10-8-16)28-15-20(25)22-11-13-23(14-12-22)21(26)18-5-3-4-6-19(18)24/h3-10,24H,2,11-15H2,1H3. The molecule has 1 heterocycles. The third-order valence-electron chi connectivity index (χ3n) is 4.55. The van der Waals surface area contributed by atoms with Crippen molar-refractivity contribution in [2.24, 2.45) is 0 Å². The predicted molar refractivity (Wildman–Crippen MR) is 104 cm³/mol. The summed E-state index contributed by atoms with van der Waals surface area (Å²) in [7, 11) is 0. The molecule has 2 aromatic rings. The first-order chi connectivity index (χ1) is 13.6. The Morgan fingerprint density at radius 2 is 1.46 bits per heavy atom. The number of amides is 2. The molecule has 2 aromatic carbocycles. The van der Waals surface area contributed by atoms with Gasteiger partial charge in [-0.25, -0.2) is 0 Å². The highest BCUT2D eigenvalue weighted by Gasteiger charge is 2.26. The minimum absolute atomic E-state index is 0.0326. The molecule has 1 saturated heterocycles. The van der Waals surface area contributed by atoms with Gasteiger partial charge in [0.1, 0.15) is 17.2 Å². The minimum atomic E-state index is -0.226. The van der Waals surface area contributed by atoms with E-state index in [1.807, 2.05) is 6.92 Å². The fraction of sp³-hybridized carbons (Fsp3) is 0.333. The number of carbonyl (C=O) groups is 2. The van der Waals surface area contributed by atoms with E-state index in [1.54, 1.807) is 52.3 Å². The normalized spacial score (nSPS) is 13.9. The summed E-state index contributed by atoms with van der Waals surface area (Å²) in [5.41, 5.74) is 0.279. The molecule has 0 spiro atoms. The van der Waals surface area contributed by atoms with Crippen LogP contribution in [0.25, 0.3) is 0 Å². The molecular formula is C21H24N2O5. The van der Waals surface area contributed by atoms with Gasteiger partial charge in [0, 0.05) is 26.2 Å². The third-order valence-corrected chi connectivity index (χ3v) is 4.55. The Labute approximate surface area is 164 Å². The molecule has 28 heavy (non-hydrogen) atoms. The van der Waals surface area contributed by atoms with Crippen molar-refractivity contribution in [2.75, 3.05) is 39.4 Å². The van der Waals surface area contributed by atoms with E-state index in [4.69, 9.17) is 9.47 Å². The van der Waals surface area contributed by atoms with Gasteiger partial charge in [0.05, 0.1) is 12.2 Å². The zero-order chi connectivity index (χ0) is 19.9. The van der Waals surface area contributed by atoms with Crippen molar-refractivity contribution < 1.29 is 24.2 Å². The van der Waals surface area contributed by atoms with E-state index >= 15 is 0 Å². The third kappa shape index (κ3) is 4.73. The van der Waals surface area contributed by atoms with Crippen molar-refractivity contribution in [1.82, 2.24) is 9.80 Å². The van der Waals surface area contributed by atoms with Crippen LogP contribution < -0.4 is 9.47 Å². The molecule has 0 aromatic heterocycles. The zero-order valence-corrected chi connectivity index (χ0v) is 15.8. The zero-order valence-electron chi connectivity index (χ0n) is 15.8. The lowest BCUT2D eigenvalue weighted by Gasteiger charge is -2.34. The SMILES string of the molecule is CCOc1ccc(OCC(=O)N2CCN(C(=O)c3ccccc3O)CC2)cc1. The van der Waals surface area contributed by atoms with E-state index in [0.29, 0.717) is 38.5 Å². The molecule has 0 aliphatic carbocycles. The number of phenolic OH excluding ortho intramolecular Hbond substituents is 1. The van der Waals surface area contributed by atoms with Crippen molar-refractivity contribution in [3.05, 3.63) is 54.1 Å². The molecule has 0 unspecified atom stereocenters. The number of phenols is 1. The van der Waals surface area contributed by atoms with Crippen LogP contribution in [-0.4, -0.2) is 66.1 Å². The lowest BCUT2D eigenvalue weighted by atomic mass is 10.1. The number of piperazine rings is 1. The number of ether oxygens (including phenoxy) is 2. The molecule has 7 heteroatoms. The quantitative estimate of drug-likeness (QED) is 0.826. The number of rotatable bonds is 6. The molecule has 0 bridgehead atoms. The van der Waals surface area contributed by atoms with E-state index in [2.05, 4.69) is 0 Å². The van der Waals surface area contributed by atoms with Crippen LogP contribution in [0.4, 0.5) is 0 Å². The molecule has 1 N–H and O–H groups in total. The van der Waals surface area contributed by atoms with Gasteiger partial charge in [-0.15, -0.1) is 0 Å². The van der Waals surface area contributed by atoms with Gasteiger partial charge in [-0.05, 0) is 43.3 Å². The van der Waals surface area contributed by atoms with Crippen molar-refractivity contribution in [2.45, 2.75) is 6.92 Å². The highest BCUT2D eigenvalue weighted by Crippen LogP contribution is 2.19. The average molecular weight is 384 g/mol. The smallest absolute Gasteiger partial charge is 0.260 e. The van der Waals surface area contributed by atoms with Crippen LogP contribution in [0.3, 0.4) is 0 Å². The molecule has 0 saturated carbocycles. The molecule has 0 atom stereocenters. The topological polar surface area (TPSA) is 79.3 Å². The molecule has 3 rings (SSSR count). The van der Waals surface area contributed by atoms with E-state index in [9.17, 15) is 14.7 Å². The van der Waals surface area contributed by atoms with E-state index < -0.39 is 0 Å². The summed E-state index contributed by atoms with van der Waals surface area (Å²) in [4.78, 5) is 28.2. The molecule has 1 aliphatic rings. The summed E-state index contributed by atoms with van der Waals surface area (Å²) in [5, 5.41) is 9.84. The van der Waals surface area contributed by atoms with Gasteiger partial charge in [-0.2, -0.15) is 0 Å². The Kier molecular flexibility index (Phi) is 6.37. The predicted octanol–water partition coefficient (Wildman–Crippen LogP) is 2.15. The van der Waals surface area contributed by atoms with Crippen LogP contribution in [0.15, 0.2) is 48.5 Å². The average Bonchev–Trinajstić information content (AvgIpc) is 2.73.